The van der Waals surface area contributed by atoms with Gasteiger partial charge in [0, 0.05) is 67.4 Å². The SMILES string of the molecule is Nc1c(CC(=O)[O-])cccc1C(=O)c1ccc(Br)cc1.Nc1c(CC(=O)[O-])cccc1C(=O)c1ccc(Br)cc1.O.O.O.[Na+].[Na+].[Na+].[Na+]. The quantitative estimate of drug-likeness (QED) is 0.0979. The molecule has 0 bridgehead atoms. The summed E-state index contributed by atoms with van der Waals surface area (Å²) in [6, 6.07) is 23.3. The molecule has 0 aliphatic rings. The number of carbonyl (C=O) groups is 4. The Bertz CT molecular complexity index is 1480. The molecule has 0 spiro atoms. The van der Waals surface area contributed by atoms with E-state index in [0.29, 0.717) is 33.4 Å². The summed E-state index contributed by atoms with van der Waals surface area (Å²) < 4.78 is 1.74. The number of benzene rings is 4. The molecule has 0 amide bonds. The maximum atomic E-state index is 12.4. The van der Waals surface area contributed by atoms with E-state index in [1.807, 2.05) is 0 Å². The second kappa shape index (κ2) is 27.3. The van der Waals surface area contributed by atoms with Crippen molar-refractivity contribution in [3.05, 3.63) is 127 Å². The van der Waals surface area contributed by atoms with Gasteiger partial charge >= 0.3 is 118 Å². The Labute approximate surface area is 377 Å². The van der Waals surface area contributed by atoms with Crippen molar-refractivity contribution < 1.29 is 164 Å². The van der Waals surface area contributed by atoms with Crippen LogP contribution >= 0.6 is 31.9 Å². The number of carboxylic acid groups (broad SMARTS) is 2. The molecule has 47 heavy (non-hydrogen) atoms. The Kier molecular flexibility index (Phi) is 32.6. The van der Waals surface area contributed by atoms with E-state index in [0.717, 1.165) is 8.95 Å². The molecule has 0 aliphatic heterocycles. The van der Waals surface area contributed by atoms with Gasteiger partial charge in [-0.25, -0.2) is 0 Å². The summed E-state index contributed by atoms with van der Waals surface area (Å²) in [5.74, 6) is -2.94. The topological polar surface area (TPSA) is 261 Å². The molecular formula is C30H28Br2N2Na4O9+2. The Morgan fingerprint density at radius 3 is 1.04 bits per heavy atom. The standard InChI is InChI=1S/2C15H12BrNO3.4Na.3H2O/c2*16-11-6-4-9(5-7-11)15(20)12-3-1-2-10(14(12)17)8-13(18)19;;;;;;;/h2*1-7H,8,17H2,(H,18,19);;;;;3*1H2/q;;4*+1;;;/p-2. The molecule has 4 aromatic rings. The van der Waals surface area contributed by atoms with Crippen LogP contribution in [0.5, 0.6) is 0 Å². The maximum absolute atomic E-state index is 12.4. The Hall–Kier alpha value is -0.400. The minimum Gasteiger partial charge on any atom is -0.550 e. The van der Waals surface area contributed by atoms with Gasteiger partial charge in [0.2, 0.25) is 0 Å². The summed E-state index contributed by atoms with van der Waals surface area (Å²) in [6.07, 6.45) is -0.624. The average molecular weight is 812 g/mol. The van der Waals surface area contributed by atoms with Crippen molar-refractivity contribution in [1.29, 1.82) is 0 Å². The van der Waals surface area contributed by atoms with Crippen molar-refractivity contribution in [3.63, 3.8) is 0 Å². The first-order valence-corrected chi connectivity index (χ1v) is 13.3. The van der Waals surface area contributed by atoms with Crippen LogP contribution in [-0.2, 0) is 22.4 Å². The molecule has 0 fully saturated rings. The number of rotatable bonds is 8. The summed E-state index contributed by atoms with van der Waals surface area (Å²) in [7, 11) is 0. The van der Waals surface area contributed by atoms with Crippen molar-refractivity contribution in [1.82, 2.24) is 0 Å². The summed E-state index contributed by atoms with van der Waals surface area (Å²) >= 11 is 6.59. The predicted molar refractivity (Wildman–Crippen MR) is 165 cm³/mol. The van der Waals surface area contributed by atoms with Crippen LogP contribution < -0.4 is 140 Å². The van der Waals surface area contributed by atoms with Crippen molar-refractivity contribution >= 4 is 66.7 Å². The molecule has 0 aromatic heterocycles. The van der Waals surface area contributed by atoms with Crippen LogP contribution in [0, 0.1) is 0 Å². The van der Waals surface area contributed by atoms with Crippen molar-refractivity contribution in [2.75, 3.05) is 11.5 Å². The number of ketones is 2. The van der Waals surface area contributed by atoms with Gasteiger partial charge in [0.15, 0.2) is 11.6 Å². The fraction of sp³-hybridized carbons (Fsp3) is 0.0667. The van der Waals surface area contributed by atoms with E-state index in [-0.39, 0.29) is 170 Å². The van der Waals surface area contributed by atoms with Crippen LogP contribution in [-0.4, -0.2) is 39.9 Å². The number of carbonyl (C=O) groups excluding carboxylic acids is 4. The van der Waals surface area contributed by atoms with Crippen molar-refractivity contribution in [3.8, 4) is 0 Å². The predicted octanol–water partition coefficient (Wildman–Crippen LogP) is -11.3. The van der Waals surface area contributed by atoms with Crippen molar-refractivity contribution in [2.45, 2.75) is 12.8 Å². The first-order valence-electron chi connectivity index (χ1n) is 11.7. The van der Waals surface area contributed by atoms with Gasteiger partial charge in [-0.2, -0.15) is 0 Å². The van der Waals surface area contributed by atoms with E-state index in [1.54, 1.807) is 84.9 Å². The third-order valence-electron chi connectivity index (χ3n) is 5.76. The minimum absolute atomic E-state index is 0. The minimum atomic E-state index is -1.23. The third kappa shape index (κ3) is 16.9. The first-order chi connectivity index (χ1) is 19.0. The number of para-hydroxylation sites is 2. The van der Waals surface area contributed by atoms with Gasteiger partial charge in [-0.1, -0.05) is 56.1 Å². The number of nitrogens with two attached hydrogens (primary N) is 2. The van der Waals surface area contributed by atoms with E-state index >= 15 is 0 Å². The molecule has 0 saturated heterocycles. The Balaban J connectivity index is -0.000000218. The zero-order chi connectivity index (χ0) is 29.4. The Morgan fingerprint density at radius 1 is 0.511 bits per heavy atom. The van der Waals surface area contributed by atoms with Gasteiger partial charge in [-0.15, -0.1) is 0 Å². The average Bonchev–Trinajstić information content (AvgIpc) is 2.91. The fourth-order valence-corrected chi connectivity index (χ4v) is 4.28. The molecule has 0 unspecified atom stereocenters. The normalized spacial score (nSPS) is 8.72. The summed E-state index contributed by atoms with van der Waals surface area (Å²) in [4.78, 5) is 46.0. The molecule has 0 atom stereocenters. The Morgan fingerprint density at radius 2 is 0.787 bits per heavy atom. The van der Waals surface area contributed by atoms with Crippen LogP contribution in [0.15, 0.2) is 93.9 Å². The molecule has 0 saturated carbocycles. The molecular weight excluding hydrogens is 784 g/mol. The van der Waals surface area contributed by atoms with E-state index < -0.39 is 11.9 Å². The monoisotopic (exact) mass is 810 g/mol. The zero-order valence-electron chi connectivity index (χ0n) is 26.4. The van der Waals surface area contributed by atoms with E-state index in [2.05, 4.69) is 31.9 Å². The van der Waals surface area contributed by atoms with Crippen LogP contribution in [0.3, 0.4) is 0 Å². The second-order valence-electron chi connectivity index (χ2n) is 8.53. The van der Waals surface area contributed by atoms with Crippen LogP contribution in [0.1, 0.15) is 43.0 Å². The number of hydrogen-bond acceptors (Lipinski definition) is 8. The molecule has 11 nitrogen and oxygen atoms in total. The number of anilines is 2. The number of hydrogen-bond donors (Lipinski definition) is 2. The largest absolute Gasteiger partial charge is 1.00 e. The van der Waals surface area contributed by atoms with Gasteiger partial charge in [0.25, 0.3) is 0 Å². The fourth-order valence-electron chi connectivity index (χ4n) is 3.75. The zero-order valence-corrected chi connectivity index (χ0v) is 37.5. The van der Waals surface area contributed by atoms with E-state index in [1.165, 1.54) is 0 Å². The molecule has 0 aliphatic carbocycles. The van der Waals surface area contributed by atoms with Gasteiger partial charge in [-0.05, 0) is 71.8 Å². The van der Waals surface area contributed by atoms with E-state index in [9.17, 15) is 29.4 Å². The number of aliphatic carboxylic acids is 2. The van der Waals surface area contributed by atoms with Crippen molar-refractivity contribution in [2.24, 2.45) is 0 Å². The second-order valence-corrected chi connectivity index (χ2v) is 10.4. The molecule has 0 radical (unpaired) electrons. The van der Waals surface area contributed by atoms with E-state index in [4.69, 9.17) is 11.5 Å². The van der Waals surface area contributed by atoms with Gasteiger partial charge < -0.3 is 47.7 Å². The number of carboxylic acids is 2. The summed E-state index contributed by atoms with van der Waals surface area (Å²) in [5.41, 5.74) is 14.5. The van der Waals surface area contributed by atoms with Gasteiger partial charge in [0.1, 0.15) is 0 Å². The molecule has 228 valence electrons. The first kappa shape index (κ1) is 56.0. The van der Waals surface area contributed by atoms with Crippen LogP contribution in [0.4, 0.5) is 11.4 Å². The van der Waals surface area contributed by atoms with Crippen LogP contribution in [0.25, 0.3) is 0 Å². The van der Waals surface area contributed by atoms with Crippen LogP contribution in [0.2, 0.25) is 0 Å². The molecule has 17 heteroatoms. The smallest absolute Gasteiger partial charge is 0.550 e. The molecule has 4 rings (SSSR count). The number of nitrogen functional groups attached to an aromatic ring is 2. The molecule has 4 aromatic carbocycles. The van der Waals surface area contributed by atoms with Gasteiger partial charge in [0.05, 0.1) is 0 Å². The number of halogens is 2. The third-order valence-corrected chi connectivity index (χ3v) is 6.82. The van der Waals surface area contributed by atoms with Gasteiger partial charge in [-0.3, -0.25) is 9.59 Å². The summed E-state index contributed by atoms with van der Waals surface area (Å²) in [5, 5.41) is 21.3. The molecule has 0 heterocycles. The molecule has 10 N–H and O–H groups in total. The maximum Gasteiger partial charge on any atom is 1.00 e. The summed E-state index contributed by atoms with van der Waals surface area (Å²) in [6.45, 7) is 0.